The summed E-state index contributed by atoms with van der Waals surface area (Å²) in [6.07, 6.45) is 1.27. The molecule has 4 aromatic rings. The molecule has 2 aromatic carbocycles. The normalized spacial score (nSPS) is 13.5. The fourth-order valence-corrected chi connectivity index (χ4v) is 4.37. The molecule has 3 heterocycles. The number of aryl methyl sites for hydroxylation is 1. The predicted octanol–water partition coefficient (Wildman–Crippen LogP) is 3.74. The fourth-order valence-electron chi connectivity index (χ4n) is 3.37. The van der Waals surface area contributed by atoms with Crippen LogP contribution in [0.3, 0.4) is 0 Å². The van der Waals surface area contributed by atoms with Crippen molar-refractivity contribution >= 4 is 39.7 Å². The number of imide groups is 1. The standard InChI is InChI=1S/C20H14ClN5O2S/c21-13-9-7-12(8-10-13)17-22-23-20-26(17)24-16(29-20)6-3-11-25-18(27)14-4-1-2-5-15(14)19(25)28/h1-2,4-5,7-10H,3,6,11H2. The second kappa shape index (κ2) is 7.06. The van der Waals surface area contributed by atoms with Gasteiger partial charge in [0.2, 0.25) is 4.96 Å². The Morgan fingerprint density at radius 2 is 1.62 bits per heavy atom. The van der Waals surface area contributed by atoms with Gasteiger partial charge in [-0.2, -0.15) is 9.61 Å². The van der Waals surface area contributed by atoms with Crippen molar-refractivity contribution in [3.63, 3.8) is 0 Å². The van der Waals surface area contributed by atoms with Gasteiger partial charge >= 0.3 is 0 Å². The van der Waals surface area contributed by atoms with Crippen molar-refractivity contribution in [2.45, 2.75) is 12.8 Å². The van der Waals surface area contributed by atoms with Crippen molar-refractivity contribution < 1.29 is 9.59 Å². The SMILES string of the molecule is O=C1c2ccccc2C(=O)N1CCCc1nn2c(-c3ccc(Cl)cc3)nnc2s1. The summed E-state index contributed by atoms with van der Waals surface area (Å²) in [5, 5.41) is 14.5. The van der Waals surface area contributed by atoms with Crippen LogP contribution in [0.15, 0.2) is 48.5 Å². The Morgan fingerprint density at radius 3 is 2.31 bits per heavy atom. The molecule has 0 spiro atoms. The largest absolute Gasteiger partial charge is 0.274 e. The van der Waals surface area contributed by atoms with Crippen LogP contribution in [-0.2, 0) is 6.42 Å². The molecular weight excluding hydrogens is 410 g/mol. The van der Waals surface area contributed by atoms with Crippen LogP contribution in [0.2, 0.25) is 5.02 Å². The molecule has 0 saturated carbocycles. The Hall–Kier alpha value is -3.10. The summed E-state index contributed by atoms with van der Waals surface area (Å²) in [4.78, 5) is 26.9. The van der Waals surface area contributed by atoms with E-state index in [0.717, 1.165) is 10.6 Å². The van der Waals surface area contributed by atoms with Gasteiger partial charge in [0.25, 0.3) is 11.8 Å². The number of fused-ring (bicyclic) bond motifs is 2. The summed E-state index contributed by atoms with van der Waals surface area (Å²) in [5.41, 5.74) is 1.83. The molecule has 0 atom stereocenters. The third kappa shape index (κ3) is 3.10. The van der Waals surface area contributed by atoms with E-state index >= 15 is 0 Å². The van der Waals surface area contributed by atoms with Crippen LogP contribution in [-0.4, -0.2) is 43.1 Å². The molecule has 7 nitrogen and oxygen atoms in total. The number of halogens is 1. The van der Waals surface area contributed by atoms with Crippen molar-refractivity contribution in [3.8, 4) is 11.4 Å². The molecule has 0 N–H and O–H groups in total. The molecule has 0 fully saturated rings. The zero-order valence-corrected chi connectivity index (χ0v) is 16.7. The van der Waals surface area contributed by atoms with Crippen LogP contribution >= 0.6 is 22.9 Å². The molecule has 0 bridgehead atoms. The lowest BCUT2D eigenvalue weighted by atomic mass is 10.1. The number of carbonyl (C=O) groups is 2. The van der Waals surface area contributed by atoms with Crippen molar-refractivity contribution in [1.82, 2.24) is 24.7 Å². The first-order valence-electron chi connectivity index (χ1n) is 9.04. The van der Waals surface area contributed by atoms with Crippen LogP contribution < -0.4 is 0 Å². The Bertz CT molecular complexity index is 1210. The maximum atomic E-state index is 12.4. The van der Waals surface area contributed by atoms with E-state index in [0.29, 0.717) is 46.3 Å². The van der Waals surface area contributed by atoms with E-state index in [9.17, 15) is 9.59 Å². The number of hydrogen-bond donors (Lipinski definition) is 0. The Balaban J connectivity index is 1.29. The zero-order chi connectivity index (χ0) is 20.0. The molecule has 0 aliphatic carbocycles. The van der Waals surface area contributed by atoms with Gasteiger partial charge in [-0.1, -0.05) is 35.1 Å². The molecule has 5 rings (SSSR count). The first-order chi connectivity index (χ1) is 14.1. The summed E-state index contributed by atoms with van der Waals surface area (Å²) in [6, 6.07) is 14.3. The first-order valence-corrected chi connectivity index (χ1v) is 10.2. The van der Waals surface area contributed by atoms with Gasteiger partial charge in [0.05, 0.1) is 11.1 Å². The van der Waals surface area contributed by atoms with E-state index in [2.05, 4.69) is 15.3 Å². The van der Waals surface area contributed by atoms with Crippen molar-refractivity contribution in [1.29, 1.82) is 0 Å². The Labute approximate surface area is 174 Å². The molecule has 2 amide bonds. The van der Waals surface area contributed by atoms with E-state index in [1.54, 1.807) is 40.9 Å². The molecule has 2 aromatic heterocycles. The van der Waals surface area contributed by atoms with Crippen molar-refractivity contribution in [2.75, 3.05) is 6.54 Å². The van der Waals surface area contributed by atoms with Gasteiger partial charge in [-0.25, -0.2) is 0 Å². The van der Waals surface area contributed by atoms with Gasteiger partial charge in [0.15, 0.2) is 5.82 Å². The highest BCUT2D eigenvalue weighted by Crippen LogP contribution is 2.25. The smallest absolute Gasteiger partial charge is 0.261 e. The highest BCUT2D eigenvalue weighted by atomic mass is 35.5. The topological polar surface area (TPSA) is 80.5 Å². The molecule has 0 saturated heterocycles. The molecule has 0 unspecified atom stereocenters. The minimum atomic E-state index is -0.228. The van der Waals surface area contributed by atoms with Crippen LogP contribution in [0, 0.1) is 0 Å². The van der Waals surface area contributed by atoms with E-state index in [-0.39, 0.29) is 11.8 Å². The zero-order valence-electron chi connectivity index (χ0n) is 15.1. The molecule has 29 heavy (non-hydrogen) atoms. The number of nitrogens with zero attached hydrogens (tertiary/aromatic N) is 5. The van der Waals surface area contributed by atoms with Gasteiger partial charge in [0, 0.05) is 23.6 Å². The molecule has 1 aliphatic rings. The predicted molar refractivity (Wildman–Crippen MR) is 109 cm³/mol. The van der Waals surface area contributed by atoms with Crippen LogP contribution in [0.4, 0.5) is 0 Å². The Morgan fingerprint density at radius 1 is 0.931 bits per heavy atom. The molecule has 144 valence electrons. The lowest BCUT2D eigenvalue weighted by Crippen LogP contribution is -2.30. The first kappa shape index (κ1) is 18.0. The monoisotopic (exact) mass is 423 g/mol. The molecule has 0 radical (unpaired) electrons. The third-order valence-corrected chi connectivity index (χ3v) is 6.00. The minimum absolute atomic E-state index is 0.228. The van der Waals surface area contributed by atoms with Gasteiger partial charge in [-0.05, 0) is 42.8 Å². The molecule has 1 aliphatic heterocycles. The summed E-state index contributed by atoms with van der Waals surface area (Å²) in [5.74, 6) is 0.196. The van der Waals surface area contributed by atoms with Crippen molar-refractivity contribution in [3.05, 3.63) is 69.7 Å². The highest BCUT2D eigenvalue weighted by molar-refractivity contribution is 7.16. The summed E-state index contributed by atoms with van der Waals surface area (Å²) >= 11 is 7.40. The fraction of sp³-hybridized carbons (Fsp3) is 0.150. The number of hydrogen-bond acceptors (Lipinski definition) is 6. The second-order valence-electron chi connectivity index (χ2n) is 6.63. The Kier molecular flexibility index (Phi) is 4.37. The maximum Gasteiger partial charge on any atom is 0.261 e. The number of benzene rings is 2. The van der Waals surface area contributed by atoms with E-state index in [4.69, 9.17) is 11.6 Å². The summed E-state index contributed by atoms with van der Waals surface area (Å²) in [7, 11) is 0. The van der Waals surface area contributed by atoms with Gasteiger partial charge in [0.1, 0.15) is 5.01 Å². The average Bonchev–Trinajstić information content (AvgIpc) is 3.37. The summed E-state index contributed by atoms with van der Waals surface area (Å²) in [6.45, 7) is 0.358. The van der Waals surface area contributed by atoms with Crippen molar-refractivity contribution in [2.24, 2.45) is 0 Å². The van der Waals surface area contributed by atoms with Crippen LogP contribution in [0.25, 0.3) is 16.3 Å². The quantitative estimate of drug-likeness (QED) is 0.457. The number of aromatic nitrogens is 4. The minimum Gasteiger partial charge on any atom is -0.274 e. The highest BCUT2D eigenvalue weighted by Gasteiger charge is 2.34. The second-order valence-corrected chi connectivity index (χ2v) is 8.11. The van der Waals surface area contributed by atoms with Gasteiger partial charge < -0.3 is 0 Å². The summed E-state index contributed by atoms with van der Waals surface area (Å²) < 4.78 is 1.71. The van der Waals surface area contributed by atoms with E-state index in [1.165, 1.54) is 16.2 Å². The third-order valence-electron chi connectivity index (χ3n) is 4.79. The van der Waals surface area contributed by atoms with E-state index < -0.39 is 0 Å². The average molecular weight is 424 g/mol. The lowest BCUT2D eigenvalue weighted by molar-refractivity contribution is 0.0652. The van der Waals surface area contributed by atoms with Gasteiger partial charge in [-0.15, -0.1) is 10.2 Å². The number of amides is 2. The van der Waals surface area contributed by atoms with Crippen LogP contribution in [0.1, 0.15) is 32.1 Å². The van der Waals surface area contributed by atoms with Crippen LogP contribution in [0.5, 0.6) is 0 Å². The lowest BCUT2D eigenvalue weighted by Gasteiger charge is -2.12. The molecular formula is C20H14ClN5O2S. The number of carbonyl (C=O) groups excluding carboxylic acids is 2. The molecule has 9 heteroatoms. The van der Waals surface area contributed by atoms with Gasteiger partial charge in [-0.3, -0.25) is 14.5 Å². The number of rotatable bonds is 5. The maximum absolute atomic E-state index is 12.4. The van der Waals surface area contributed by atoms with E-state index in [1.807, 2.05) is 12.1 Å².